The molecule has 0 radical (unpaired) electrons. The summed E-state index contributed by atoms with van der Waals surface area (Å²) in [5.74, 6) is -0.193. The van der Waals surface area contributed by atoms with Gasteiger partial charge >= 0.3 is 0 Å². The fraction of sp³-hybridized carbons (Fsp3) is 0.647. The number of amides is 1. The molecule has 1 amide bonds. The van der Waals surface area contributed by atoms with Crippen molar-refractivity contribution in [3.63, 3.8) is 0 Å². The molecule has 1 aliphatic heterocycles. The van der Waals surface area contributed by atoms with E-state index < -0.39 is 11.5 Å². The fourth-order valence-electron chi connectivity index (χ4n) is 3.27. The number of rotatable bonds is 6. The Morgan fingerprint density at radius 1 is 1.46 bits per heavy atom. The van der Waals surface area contributed by atoms with Crippen molar-refractivity contribution < 1.29 is 19.7 Å². The number of carbonyl (C=O) groups excluding carboxylic acids is 1. The number of pyridine rings is 1. The molecule has 134 valence electrons. The molecule has 24 heavy (non-hydrogen) atoms. The first-order chi connectivity index (χ1) is 11.4. The van der Waals surface area contributed by atoms with Crippen LogP contribution in [0.1, 0.15) is 29.6 Å². The molecule has 2 N–H and O–H groups in total. The van der Waals surface area contributed by atoms with Crippen LogP contribution in [-0.2, 0) is 11.8 Å². The summed E-state index contributed by atoms with van der Waals surface area (Å²) in [4.78, 5) is 25.8. The Balaban J connectivity index is 2.17. The van der Waals surface area contributed by atoms with Crippen LogP contribution in [0.25, 0.3) is 0 Å². The summed E-state index contributed by atoms with van der Waals surface area (Å²) in [6.45, 7) is 1.07. The third kappa shape index (κ3) is 3.85. The first kappa shape index (κ1) is 18.6. The third-order valence-corrected chi connectivity index (χ3v) is 4.84. The number of nitrogens with zero attached hydrogens (tertiary/aromatic N) is 2. The van der Waals surface area contributed by atoms with Gasteiger partial charge in [-0.2, -0.15) is 0 Å². The minimum Gasteiger partial charge on any atom is -0.396 e. The van der Waals surface area contributed by atoms with Crippen molar-refractivity contribution in [2.75, 3.05) is 33.4 Å². The summed E-state index contributed by atoms with van der Waals surface area (Å²) in [7, 11) is 3.21. The summed E-state index contributed by atoms with van der Waals surface area (Å²) < 4.78 is 6.41. The van der Waals surface area contributed by atoms with E-state index in [1.165, 1.54) is 22.9 Å². The average molecular weight is 338 g/mol. The Morgan fingerprint density at radius 3 is 2.83 bits per heavy atom. The molecule has 1 fully saturated rings. The van der Waals surface area contributed by atoms with Gasteiger partial charge in [0.2, 0.25) is 5.56 Å². The highest BCUT2D eigenvalue weighted by atomic mass is 16.5. The Bertz CT molecular complexity index is 630. The zero-order valence-corrected chi connectivity index (χ0v) is 14.3. The molecule has 1 aromatic heterocycles. The largest absolute Gasteiger partial charge is 0.396 e. The van der Waals surface area contributed by atoms with Crippen molar-refractivity contribution in [2.24, 2.45) is 12.5 Å². The second-order valence-corrected chi connectivity index (χ2v) is 6.51. The molecule has 2 heterocycles. The molecule has 1 saturated heterocycles. The lowest BCUT2D eigenvalue weighted by Gasteiger charge is -2.45. The number of hydrogen-bond donors (Lipinski definition) is 2. The van der Waals surface area contributed by atoms with E-state index in [0.717, 1.165) is 0 Å². The van der Waals surface area contributed by atoms with E-state index >= 15 is 0 Å². The SMILES string of the molecule is COCCC[C@@]1(CO)CN(C(=O)c2ccc(=O)n(C)c2)CC[C@H]1O. The molecule has 1 aromatic rings. The van der Waals surface area contributed by atoms with Gasteiger partial charge < -0.3 is 24.4 Å². The second-order valence-electron chi connectivity index (χ2n) is 6.51. The number of ether oxygens (including phenoxy) is 1. The second kappa shape index (κ2) is 7.92. The molecule has 0 unspecified atom stereocenters. The van der Waals surface area contributed by atoms with E-state index in [1.54, 1.807) is 19.1 Å². The standard InChI is InChI=1S/C17H26N2O5/c1-18-10-13(4-5-15(18)22)16(23)19-8-6-14(21)17(11-19,12-20)7-3-9-24-2/h4-5,10,14,20-21H,3,6-9,11-12H2,1-2H3/t14-,17+/m1/s1. The Hall–Kier alpha value is -1.70. The topological polar surface area (TPSA) is 92.0 Å². The highest BCUT2D eigenvalue weighted by Crippen LogP contribution is 2.35. The van der Waals surface area contributed by atoms with Gasteiger partial charge in [0.25, 0.3) is 5.91 Å². The van der Waals surface area contributed by atoms with Crippen LogP contribution in [-0.4, -0.2) is 65.1 Å². The van der Waals surface area contributed by atoms with Gasteiger partial charge in [-0.15, -0.1) is 0 Å². The number of aliphatic hydroxyl groups is 2. The normalized spacial score (nSPS) is 24.2. The van der Waals surface area contributed by atoms with Crippen molar-refractivity contribution >= 4 is 5.91 Å². The van der Waals surface area contributed by atoms with Gasteiger partial charge in [-0.3, -0.25) is 9.59 Å². The Morgan fingerprint density at radius 2 is 2.21 bits per heavy atom. The molecular formula is C17H26N2O5. The van der Waals surface area contributed by atoms with Crippen LogP contribution in [0.2, 0.25) is 0 Å². The van der Waals surface area contributed by atoms with E-state index in [4.69, 9.17) is 4.74 Å². The third-order valence-electron chi connectivity index (χ3n) is 4.84. The van der Waals surface area contributed by atoms with Gasteiger partial charge in [-0.25, -0.2) is 0 Å². The van der Waals surface area contributed by atoms with Crippen molar-refractivity contribution in [2.45, 2.75) is 25.4 Å². The predicted molar refractivity (Wildman–Crippen MR) is 88.8 cm³/mol. The molecule has 0 aliphatic carbocycles. The smallest absolute Gasteiger partial charge is 0.255 e. The van der Waals surface area contributed by atoms with E-state index in [9.17, 15) is 19.8 Å². The van der Waals surface area contributed by atoms with Crippen molar-refractivity contribution in [1.82, 2.24) is 9.47 Å². The van der Waals surface area contributed by atoms with Crippen LogP contribution in [0.3, 0.4) is 0 Å². The van der Waals surface area contributed by atoms with Crippen LogP contribution in [0.15, 0.2) is 23.1 Å². The number of aromatic nitrogens is 1. The molecule has 2 rings (SSSR count). The number of aliphatic hydroxyl groups excluding tert-OH is 2. The van der Waals surface area contributed by atoms with E-state index in [0.29, 0.717) is 38.0 Å². The predicted octanol–water partition coefficient (Wildman–Crippen LogP) is -0.00260. The van der Waals surface area contributed by atoms with Gasteiger partial charge in [-0.1, -0.05) is 0 Å². The fourth-order valence-corrected chi connectivity index (χ4v) is 3.27. The van der Waals surface area contributed by atoms with Gasteiger partial charge in [0, 0.05) is 51.5 Å². The quantitative estimate of drug-likeness (QED) is 0.712. The van der Waals surface area contributed by atoms with Crippen molar-refractivity contribution in [3.8, 4) is 0 Å². The molecule has 1 aliphatic rings. The zero-order chi connectivity index (χ0) is 17.7. The first-order valence-corrected chi connectivity index (χ1v) is 8.17. The highest BCUT2D eigenvalue weighted by Gasteiger charge is 2.43. The van der Waals surface area contributed by atoms with E-state index in [-0.39, 0.29) is 24.6 Å². The maximum atomic E-state index is 12.7. The van der Waals surface area contributed by atoms with Crippen LogP contribution < -0.4 is 5.56 Å². The van der Waals surface area contributed by atoms with Gasteiger partial charge in [0.15, 0.2) is 0 Å². The molecule has 2 atom stereocenters. The molecule has 0 aromatic carbocycles. The van der Waals surface area contributed by atoms with Crippen LogP contribution >= 0.6 is 0 Å². The lowest BCUT2D eigenvalue weighted by molar-refractivity contribution is -0.0745. The molecule has 7 nitrogen and oxygen atoms in total. The summed E-state index contributed by atoms with van der Waals surface area (Å²) in [5.41, 5.74) is -0.477. The Labute approximate surface area is 141 Å². The first-order valence-electron chi connectivity index (χ1n) is 8.17. The maximum absolute atomic E-state index is 12.7. The summed E-state index contributed by atoms with van der Waals surface area (Å²) in [6, 6.07) is 2.88. The summed E-state index contributed by atoms with van der Waals surface area (Å²) in [6.07, 6.45) is 2.57. The highest BCUT2D eigenvalue weighted by molar-refractivity contribution is 5.94. The van der Waals surface area contributed by atoms with Crippen LogP contribution in [0.5, 0.6) is 0 Å². The van der Waals surface area contributed by atoms with Gasteiger partial charge in [0.1, 0.15) is 0 Å². The van der Waals surface area contributed by atoms with Crippen LogP contribution in [0.4, 0.5) is 0 Å². The maximum Gasteiger partial charge on any atom is 0.255 e. The van der Waals surface area contributed by atoms with E-state index in [1.807, 2.05) is 0 Å². The molecule has 0 bridgehead atoms. The monoisotopic (exact) mass is 338 g/mol. The van der Waals surface area contributed by atoms with Crippen LogP contribution in [0, 0.1) is 5.41 Å². The van der Waals surface area contributed by atoms with Crippen molar-refractivity contribution in [3.05, 3.63) is 34.2 Å². The average Bonchev–Trinajstić information content (AvgIpc) is 2.58. The molecule has 0 saturated carbocycles. The van der Waals surface area contributed by atoms with E-state index in [2.05, 4.69) is 0 Å². The number of carbonyl (C=O) groups is 1. The lowest BCUT2D eigenvalue weighted by atomic mass is 9.74. The molecule has 7 heteroatoms. The Kier molecular flexibility index (Phi) is 6.15. The number of methoxy groups -OCH3 is 1. The van der Waals surface area contributed by atoms with Crippen molar-refractivity contribution in [1.29, 1.82) is 0 Å². The summed E-state index contributed by atoms with van der Waals surface area (Å²) in [5, 5.41) is 20.3. The minimum atomic E-state index is -0.729. The number of hydrogen-bond acceptors (Lipinski definition) is 5. The number of likely N-dealkylation sites (tertiary alicyclic amines) is 1. The molecular weight excluding hydrogens is 312 g/mol. The van der Waals surface area contributed by atoms with Gasteiger partial charge in [0.05, 0.1) is 18.3 Å². The lowest BCUT2D eigenvalue weighted by Crippen LogP contribution is -2.55. The minimum absolute atomic E-state index is 0.176. The number of aryl methyl sites for hydroxylation is 1. The van der Waals surface area contributed by atoms with Gasteiger partial charge in [-0.05, 0) is 25.3 Å². The number of piperidine rings is 1. The zero-order valence-electron chi connectivity index (χ0n) is 14.3. The summed E-state index contributed by atoms with van der Waals surface area (Å²) >= 11 is 0. The molecule has 0 spiro atoms.